The summed E-state index contributed by atoms with van der Waals surface area (Å²) in [4.78, 5) is 1.96. The van der Waals surface area contributed by atoms with Crippen LogP contribution in [0, 0.1) is 13.8 Å². The summed E-state index contributed by atoms with van der Waals surface area (Å²) < 4.78 is 38.9. The molecule has 0 amide bonds. The Kier molecular flexibility index (Phi) is 4.66. The molecule has 0 saturated carbocycles. The highest BCUT2D eigenvalue weighted by molar-refractivity contribution is 9.10. The summed E-state index contributed by atoms with van der Waals surface area (Å²) in [6, 6.07) is 6.38. The fourth-order valence-electron chi connectivity index (χ4n) is 1.98. The fraction of sp³-hybridized carbons (Fsp3) is 0.286. The normalized spacial score (nSPS) is 13.6. The number of halogens is 5. The van der Waals surface area contributed by atoms with E-state index in [2.05, 4.69) is 31.9 Å². The highest BCUT2D eigenvalue weighted by atomic mass is 79.9. The van der Waals surface area contributed by atoms with Gasteiger partial charge < -0.3 is 0 Å². The van der Waals surface area contributed by atoms with Crippen molar-refractivity contribution in [2.45, 2.75) is 24.9 Å². The number of hydrogen-bond acceptors (Lipinski definition) is 1. The number of rotatable bonds is 2. The van der Waals surface area contributed by atoms with Crippen LogP contribution in [0.1, 0.15) is 31.3 Å². The largest absolute Gasteiger partial charge is 0.417 e. The summed E-state index contributed by atoms with van der Waals surface area (Å²) in [7, 11) is 0. The van der Waals surface area contributed by atoms with Crippen LogP contribution in [0.25, 0.3) is 0 Å². The molecule has 0 fully saturated rings. The van der Waals surface area contributed by atoms with E-state index in [4.69, 9.17) is 0 Å². The zero-order chi connectivity index (χ0) is 15.1. The van der Waals surface area contributed by atoms with Crippen LogP contribution in [-0.2, 0) is 6.18 Å². The molecule has 1 atom stereocenters. The topological polar surface area (TPSA) is 0 Å². The van der Waals surface area contributed by atoms with E-state index in [1.807, 2.05) is 19.9 Å². The Bertz CT molecular complexity index is 632. The predicted molar refractivity (Wildman–Crippen MR) is 83.7 cm³/mol. The Morgan fingerprint density at radius 1 is 1.15 bits per heavy atom. The number of hydrogen-bond donors (Lipinski definition) is 0. The zero-order valence-corrected chi connectivity index (χ0v) is 14.7. The molecule has 0 aliphatic rings. The molecule has 108 valence electrons. The van der Waals surface area contributed by atoms with Crippen molar-refractivity contribution in [1.82, 2.24) is 0 Å². The first-order valence-corrected chi connectivity index (χ1v) is 8.30. The van der Waals surface area contributed by atoms with Gasteiger partial charge in [0.05, 0.1) is 10.4 Å². The van der Waals surface area contributed by atoms with Crippen molar-refractivity contribution < 1.29 is 13.2 Å². The molecule has 0 aliphatic carbocycles. The molecule has 0 aliphatic heterocycles. The van der Waals surface area contributed by atoms with Crippen molar-refractivity contribution in [2.24, 2.45) is 0 Å². The van der Waals surface area contributed by atoms with Gasteiger partial charge in [0, 0.05) is 14.2 Å². The highest BCUT2D eigenvalue weighted by Gasteiger charge is 2.33. The molecule has 0 N–H and O–H groups in total. The van der Waals surface area contributed by atoms with Gasteiger partial charge in [-0.15, -0.1) is 11.3 Å². The minimum Gasteiger partial charge on any atom is -0.166 e. The monoisotopic (exact) mass is 426 g/mol. The third-order valence-corrected chi connectivity index (χ3v) is 6.10. The van der Waals surface area contributed by atoms with E-state index in [9.17, 15) is 13.2 Å². The molecule has 0 bridgehead atoms. The Hall–Kier alpha value is -0.330. The molecule has 1 aromatic carbocycles. The highest BCUT2D eigenvalue weighted by Crippen LogP contribution is 2.41. The van der Waals surface area contributed by atoms with Gasteiger partial charge in [-0.05, 0) is 43.2 Å². The first-order valence-electron chi connectivity index (χ1n) is 5.78. The van der Waals surface area contributed by atoms with Crippen molar-refractivity contribution >= 4 is 43.2 Å². The molecule has 1 unspecified atom stereocenters. The average molecular weight is 428 g/mol. The molecule has 2 rings (SSSR count). The van der Waals surface area contributed by atoms with Crippen LogP contribution in [-0.4, -0.2) is 0 Å². The third-order valence-electron chi connectivity index (χ3n) is 2.90. The number of alkyl halides is 4. The summed E-state index contributed by atoms with van der Waals surface area (Å²) in [6.45, 7) is 3.96. The van der Waals surface area contributed by atoms with E-state index < -0.39 is 11.7 Å². The second-order valence-corrected chi connectivity index (χ2v) is 7.56. The number of aryl methyl sites for hydroxylation is 2. The van der Waals surface area contributed by atoms with E-state index >= 15 is 0 Å². The number of thiophene rings is 1. The summed E-state index contributed by atoms with van der Waals surface area (Å²) in [6.07, 6.45) is -4.36. The van der Waals surface area contributed by atoms with Gasteiger partial charge in [0.1, 0.15) is 0 Å². The lowest BCUT2D eigenvalue weighted by Crippen LogP contribution is -2.07. The quantitative estimate of drug-likeness (QED) is 0.471. The molecule has 6 heteroatoms. The molecule has 0 nitrogen and oxygen atoms in total. The molecule has 1 aromatic heterocycles. The van der Waals surface area contributed by atoms with Gasteiger partial charge in [0.2, 0.25) is 0 Å². The first-order chi connectivity index (χ1) is 9.20. The van der Waals surface area contributed by atoms with Crippen molar-refractivity contribution in [2.75, 3.05) is 0 Å². The molecule has 20 heavy (non-hydrogen) atoms. The maximum absolute atomic E-state index is 12.9. The lowest BCUT2D eigenvalue weighted by molar-refractivity contribution is -0.138. The van der Waals surface area contributed by atoms with E-state index in [0.29, 0.717) is 5.56 Å². The van der Waals surface area contributed by atoms with Gasteiger partial charge in [-0.3, -0.25) is 0 Å². The van der Waals surface area contributed by atoms with Crippen LogP contribution in [0.4, 0.5) is 13.2 Å². The van der Waals surface area contributed by atoms with Crippen LogP contribution in [0.2, 0.25) is 0 Å². The van der Waals surface area contributed by atoms with Gasteiger partial charge in [-0.2, -0.15) is 13.2 Å². The Labute approximate surface area is 136 Å². The average Bonchev–Trinajstić information content (AvgIpc) is 2.66. The lowest BCUT2D eigenvalue weighted by atomic mass is 10.1. The van der Waals surface area contributed by atoms with Gasteiger partial charge in [0.15, 0.2) is 0 Å². The summed E-state index contributed by atoms with van der Waals surface area (Å²) in [5.41, 5.74) is 1.04. The minimum atomic E-state index is -4.36. The first kappa shape index (κ1) is 16.0. The molecule has 0 spiro atoms. The van der Waals surface area contributed by atoms with Crippen LogP contribution in [0.15, 0.2) is 28.7 Å². The molecular weight excluding hydrogens is 417 g/mol. The Morgan fingerprint density at radius 3 is 2.30 bits per heavy atom. The van der Waals surface area contributed by atoms with Crippen LogP contribution >= 0.6 is 43.2 Å². The minimum absolute atomic E-state index is 0.0625. The second-order valence-electron chi connectivity index (χ2n) is 4.50. The Balaban J connectivity index is 2.46. The van der Waals surface area contributed by atoms with Crippen LogP contribution < -0.4 is 0 Å². The number of benzene rings is 1. The second kappa shape index (κ2) is 5.81. The molecule has 2 aromatic rings. The molecule has 0 saturated heterocycles. The standard InChI is InChI=1S/C14H11Br2F3S/c1-7-5-8(2)20-13(7)12(16)9-3-4-11(15)10(6-9)14(17,18)19/h3-6,12H,1-2H3. The smallest absolute Gasteiger partial charge is 0.166 e. The van der Waals surface area contributed by atoms with Crippen LogP contribution in [0.3, 0.4) is 0 Å². The van der Waals surface area contributed by atoms with Gasteiger partial charge in [0.25, 0.3) is 0 Å². The van der Waals surface area contributed by atoms with Gasteiger partial charge in [-0.25, -0.2) is 0 Å². The SMILES string of the molecule is Cc1cc(C)c(C(Br)c2ccc(Br)c(C(F)(F)F)c2)s1. The lowest BCUT2D eigenvalue weighted by Gasteiger charge is -2.14. The third kappa shape index (κ3) is 3.28. The zero-order valence-electron chi connectivity index (χ0n) is 10.7. The maximum atomic E-state index is 12.9. The van der Waals surface area contributed by atoms with Gasteiger partial charge in [-0.1, -0.05) is 37.9 Å². The predicted octanol–water partition coefficient (Wildman–Crippen LogP) is 6.63. The molecule has 0 radical (unpaired) electrons. The molecular formula is C14H11Br2F3S. The van der Waals surface area contributed by atoms with Crippen molar-refractivity contribution in [3.05, 3.63) is 55.2 Å². The van der Waals surface area contributed by atoms with Crippen LogP contribution in [0.5, 0.6) is 0 Å². The van der Waals surface area contributed by atoms with E-state index in [-0.39, 0.29) is 9.30 Å². The summed E-state index contributed by atoms with van der Waals surface area (Å²) in [5, 5.41) is 0. The fourth-order valence-corrected chi connectivity index (χ4v) is 4.42. The van der Waals surface area contributed by atoms with Crippen molar-refractivity contribution in [1.29, 1.82) is 0 Å². The van der Waals surface area contributed by atoms with E-state index in [0.717, 1.165) is 15.3 Å². The van der Waals surface area contributed by atoms with Crippen molar-refractivity contribution in [3.8, 4) is 0 Å². The van der Waals surface area contributed by atoms with Gasteiger partial charge >= 0.3 is 6.18 Å². The maximum Gasteiger partial charge on any atom is 0.417 e. The Morgan fingerprint density at radius 2 is 1.80 bits per heavy atom. The van der Waals surface area contributed by atoms with E-state index in [1.54, 1.807) is 17.4 Å². The summed E-state index contributed by atoms with van der Waals surface area (Å²) in [5.74, 6) is 0. The van der Waals surface area contributed by atoms with E-state index in [1.165, 1.54) is 12.1 Å². The molecule has 1 heterocycles. The summed E-state index contributed by atoms with van der Waals surface area (Å²) >= 11 is 8.06. The van der Waals surface area contributed by atoms with Crippen molar-refractivity contribution in [3.63, 3.8) is 0 Å².